The van der Waals surface area contributed by atoms with Crippen molar-refractivity contribution >= 4 is 35.0 Å². The average Bonchev–Trinajstić information content (AvgIpc) is 3.43. The zero-order chi connectivity index (χ0) is 18.5. The lowest BCUT2D eigenvalue weighted by Crippen LogP contribution is -2.31. The van der Waals surface area contributed by atoms with Crippen LogP contribution in [0.25, 0.3) is 0 Å². The molecule has 2 atom stereocenters. The molecule has 0 bridgehead atoms. The SMILES string of the molecule is O=C(NCCc1ccc(Cl)cc1Cl)C1CC1C(=O)NCc1ccccn1. The largest absolute Gasteiger partial charge is 0.356 e. The summed E-state index contributed by atoms with van der Waals surface area (Å²) in [5.41, 5.74) is 1.72. The van der Waals surface area contributed by atoms with Crippen molar-refractivity contribution in [2.45, 2.75) is 19.4 Å². The second-order valence-electron chi connectivity index (χ2n) is 6.26. The molecule has 1 fully saturated rings. The highest BCUT2D eigenvalue weighted by Gasteiger charge is 2.47. The number of hydrogen-bond donors (Lipinski definition) is 2. The number of halogens is 2. The zero-order valence-corrected chi connectivity index (χ0v) is 15.6. The quantitative estimate of drug-likeness (QED) is 0.761. The first kappa shape index (κ1) is 18.7. The third kappa shape index (κ3) is 4.96. The van der Waals surface area contributed by atoms with E-state index in [0.29, 0.717) is 36.0 Å². The van der Waals surface area contributed by atoms with Crippen LogP contribution in [0.1, 0.15) is 17.7 Å². The molecular formula is C19H19Cl2N3O2. The average molecular weight is 392 g/mol. The van der Waals surface area contributed by atoms with E-state index >= 15 is 0 Å². The Kier molecular flexibility index (Phi) is 6.12. The maximum atomic E-state index is 12.2. The summed E-state index contributed by atoms with van der Waals surface area (Å²) in [6, 6.07) is 10.8. The van der Waals surface area contributed by atoms with Crippen molar-refractivity contribution in [3.05, 3.63) is 63.9 Å². The highest BCUT2D eigenvalue weighted by molar-refractivity contribution is 6.35. The summed E-state index contributed by atoms with van der Waals surface area (Å²) in [5.74, 6) is -0.693. The van der Waals surface area contributed by atoms with E-state index in [0.717, 1.165) is 11.3 Å². The van der Waals surface area contributed by atoms with Crippen molar-refractivity contribution in [1.29, 1.82) is 0 Å². The maximum Gasteiger partial charge on any atom is 0.224 e. The van der Waals surface area contributed by atoms with Crippen molar-refractivity contribution in [2.75, 3.05) is 6.54 Å². The molecule has 2 N–H and O–H groups in total. The van der Waals surface area contributed by atoms with E-state index in [2.05, 4.69) is 15.6 Å². The number of nitrogens with one attached hydrogen (secondary N) is 2. The van der Waals surface area contributed by atoms with Crippen LogP contribution in [0.4, 0.5) is 0 Å². The number of carbonyl (C=O) groups excluding carboxylic acids is 2. The lowest BCUT2D eigenvalue weighted by Gasteiger charge is -2.07. The topological polar surface area (TPSA) is 71.1 Å². The number of rotatable bonds is 7. The van der Waals surface area contributed by atoms with Gasteiger partial charge in [-0.25, -0.2) is 0 Å². The minimum Gasteiger partial charge on any atom is -0.356 e. The van der Waals surface area contributed by atoms with E-state index in [-0.39, 0.29) is 23.7 Å². The molecule has 2 unspecified atom stereocenters. The molecule has 1 aromatic carbocycles. The zero-order valence-electron chi connectivity index (χ0n) is 14.0. The number of nitrogens with zero attached hydrogens (tertiary/aromatic N) is 1. The van der Waals surface area contributed by atoms with E-state index in [1.807, 2.05) is 24.3 Å². The smallest absolute Gasteiger partial charge is 0.224 e. The molecule has 3 rings (SSSR count). The van der Waals surface area contributed by atoms with Gasteiger partial charge in [-0.2, -0.15) is 0 Å². The highest BCUT2D eigenvalue weighted by Crippen LogP contribution is 2.38. The molecule has 7 heteroatoms. The molecule has 1 aromatic heterocycles. The predicted octanol–water partition coefficient (Wildman–Crippen LogP) is 3.00. The Hall–Kier alpha value is -2.11. The van der Waals surface area contributed by atoms with Gasteiger partial charge >= 0.3 is 0 Å². The van der Waals surface area contributed by atoms with E-state index < -0.39 is 0 Å². The Morgan fingerprint density at radius 1 is 1.08 bits per heavy atom. The summed E-state index contributed by atoms with van der Waals surface area (Å²) in [6.45, 7) is 0.846. The van der Waals surface area contributed by atoms with Crippen molar-refractivity contribution in [3.8, 4) is 0 Å². The lowest BCUT2D eigenvalue weighted by atomic mass is 10.1. The van der Waals surface area contributed by atoms with E-state index in [1.54, 1.807) is 18.3 Å². The molecule has 2 aromatic rings. The van der Waals surface area contributed by atoms with Gasteiger partial charge in [0, 0.05) is 22.8 Å². The standard InChI is InChI=1S/C19H19Cl2N3O2/c20-13-5-4-12(17(21)9-13)6-8-23-18(25)15-10-16(15)19(26)24-11-14-3-1-2-7-22-14/h1-5,7,9,15-16H,6,8,10-11H2,(H,23,25)(H,24,26). The van der Waals surface area contributed by atoms with Crippen molar-refractivity contribution in [3.63, 3.8) is 0 Å². The van der Waals surface area contributed by atoms with Gasteiger partial charge in [-0.3, -0.25) is 14.6 Å². The van der Waals surface area contributed by atoms with Crippen LogP contribution in [0.3, 0.4) is 0 Å². The van der Waals surface area contributed by atoms with Crippen LogP contribution < -0.4 is 10.6 Å². The van der Waals surface area contributed by atoms with Crippen LogP contribution in [0.2, 0.25) is 10.0 Å². The summed E-state index contributed by atoms with van der Waals surface area (Å²) in [7, 11) is 0. The third-order valence-electron chi connectivity index (χ3n) is 4.34. The molecule has 0 spiro atoms. The Bertz CT molecular complexity index is 799. The molecule has 136 valence electrons. The Balaban J connectivity index is 1.39. The van der Waals surface area contributed by atoms with Gasteiger partial charge in [-0.05, 0) is 42.7 Å². The van der Waals surface area contributed by atoms with Crippen LogP contribution in [-0.4, -0.2) is 23.3 Å². The minimum absolute atomic E-state index is 0.0897. The van der Waals surface area contributed by atoms with Crippen LogP contribution in [0.5, 0.6) is 0 Å². The number of aromatic nitrogens is 1. The fourth-order valence-corrected chi connectivity index (χ4v) is 3.26. The molecule has 5 nitrogen and oxygen atoms in total. The number of hydrogen-bond acceptors (Lipinski definition) is 3. The molecule has 1 heterocycles. The van der Waals surface area contributed by atoms with E-state index in [9.17, 15) is 9.59 Å². The Morgan fingerprint density at radius 3 is 2.54 bits per heavy atom. The first-order chi connectivity index (χ1) is 12.5. The van der Waals surface area contributed by atoms with Gasteiger partial charge in [0.2, 0.25) is 11.8 Å². The summed E-state index contributed by atoms with van der Waals surface area (Å²) < 4.78 is 0. The monoisotopic (exact) mass is 391 g/mol. The summed E-state index contributed by atoms with van der Waals surface area (Å²) in [5, 5.41) is 6.87. The predicted molar refractivity (Wildman–Crippen MR) is 101 cm³/mol. The van der Waals surface area contributed by atoms with Gasteiger partial charge in [-0.1, -0.05) is 35.3 Å². The van der Waals surface area contributed by atoms with Gasteiger partial charge < -0.3 is 10.6 Å². The summed E-state index contributed by atoms with van der Waals surface area (Å²) >= 11 is 12.0. The van der Waals surface area contributed by atoms with E-state index in [1.165, 1.54) is 0 Å². The molecule has 2 amide bonds. The first-order valence-electron chi connectivity index (χ1n) is 8.44. The maximum absolute atomic E-state index is 12.2. The van der Waals surface area contributed by atoms with Gasteiger partial charge in [0.15, 0.2) is 0 Å². The summed E-state index contributed by atoms with van der Waals surface area (Å²) in [4.78, 5) is 28.4. The fraction of sp³-hybridized carbons (Fsp3) is 0.316. The van der Waals surface area contributed by atoms with Crippen molar-refractivity contribution < 1.29 is 9.59 Å². The van der Waals surface area contributed by atoms with Crippen molar-refractivity contribution in [1.82, 2.24) is 15.6 Å². The molecule has 0 aliphatic heterocycles. The second-order valence-corrected chi connectivity index (χ2v) is 7.11. The first-order valence-corrected chi connectivity index (χ1v) is 9.19. The molecule has 1 saturated carbocycles. The number of pyridine rings is 1. The van der Waals surface area contributed by atoms with Crippen LogP contribution >= 0.6 is 23.2 Å². The minimum atomic E-state index is -0.252. The Labute approximate surface area is 162 Å². The van der Waals surface area contributed by atoms with Crippen LogP contribution in [-0.2, 0) is 22.6 Å². The molecule has 0 radical (unpaired) electrons. The molecular weight excluding hydrogens is 373 g/mol. The molecule has 26 heavy (non-hydrogen) atoms. The van der Waals surface area contributed by atoms with E-state index in [4.69, 9.17) is 23.2 Å². The molecule has 1 aliphatic rings. The van der Waals surface area contributed by atoms with Gasteiger partial charge in [0.1, 0.15) is 0 Å². The van der Waals surface area contributed by atoms with Gasteiger partial charge in [0.25, 0.3) is 0 Å². The van der Waals surface area contributed by atoms with Crippen LogP contribution in [0, 0.1) is 11.8 Å². The number of benzene rings is 1. The highest BCUT2D eigenvalue weighted by atomic mass is 35.5. The second kappa shape index (κ2) is 8.52. The normalized spacial score (nSPS) is 18.2. The fourth-order valence-electron chi connectivity index (χ4n) is 2.76. The van der Waals surface area contributed by atoms with Gasteiger partial charge in [-0.15, -0.1) is 0 Å². The van der Waals surface area contributed by atoms with Crippen LogP contribution in [0.15, 0.2) is 42.6 Å². The molecule has 1 aliphatic carbocycles. The molecule has 0 saturated heterocycles. The Morgan fingerprint density at radius 2 is 1.85 bits per heavy atom. The van der Waals surface area contributed by atoms with Gasteiger partial charge in [0.05, 0.1) is 24.1 Å². The number of amides is 2. The van der Waals surface area contributed by atoms with Crippen molar-refractivity contribution in [2.24, 2.45) is 11.8 Å². The third-order valence-corrected chi connectivity index (χ3v) is 4.93. The number of carbonyl (C=O) groups is 2. The summed E-state index contributed by atoms with van der Waals surface area (Å²) in [6.07, 6.45) is 2.88. The lowest BCUT2D eigenvalue weighted by molar-refractivity contribution is -0.127.